The van der Waals surface area contributed by atoms with Gasteiger partial charge < -0.3 is 9.13 Å². The summed E-state index contributed by atoms with van der Waals surface area (Å²) in [6.07, 6.45) is -10.4. The van der Waals surface area contributed by atoms with Crippen molar-refractivity contribution in [2.24, 2.45) is 0 Å². The van der Waals surface area contributed by atoms with E-state index in [0.717, 1.165) is 6.07 Å². The Hall–Kier alpha value is -14.0. The Morgan fingerprint density at radius 2 is 0.691 bits per heavy atom. The lowest BCUT2D eigenvalue weighted by Crippen LogP contribution is -2.12. The van der Waals surface area contributed by atoms with Crippen molar-refractivity contribution in [3.8, 4) is 102 Å². The average Bonchev–Trinajstić information content (AvgIpc) is 1.55. The molecule has 438 valence electrons. The Labute approximate surface area is 531 Å². The number of fused-ring (bicyclic) bond motifs is 6. The van der Waals surface area contributed by atoms with Crippen LogP contribution in [0, 0.1) is 78.2 Å². The van der Waals surface area contributed by atoms with E-state index in [1.165, 1.54) is 36.4 Å². The number of nitrogens with zero attached hydrogens (tertiary/aromatic N) is 11. The molecule has 0 N–H and O–H groups in total. The van der Waals surface area contributed by atoms with E-state index in [2.05, 4.69) is 48.5 Å². The molecule has 13 aromatic rings. The molecule has 0 saturated carbocycles. The lowest BCUT2D eigenvalue weighted by molar-refractivity contribution is -0.142. The predicted molar refractivity (Wildman–Crippen MR) is 348 cm³/mol. The fraction of sp³-hybridized carbons (Fsp3) is 0.0260. The maximum Gasteiger partial charge on any atom is 0.417 e. The Morgan fingerprint density at radius 3 is 1.10 bits per heavy atom. The summed E-state index contributed by atoms with van der Waals surface area (Å²) < 4.78 is 93.0. The van der Waals surface area contributed by atoms with Crippen LogP contribution in [0.15, 0.2) is 200 Å². The van der Waals surface area contributed by atoms with Crippen molar-refractivity contribution in [3.05, 3.63) is 291 Å². The summed E-state index contributed by atoms with van der Waals surface area (Å²) in [6.45, 7) is 39.9. The topological polar surface area (TPSA) is 127 Å². The van der Waals surface area contributed by atoms with Crippen LogP contribution >= 0.6 is 0 Å². The van der Waals surface area contributed by atoms with E-state index in [0.29, 0.717) is 111 Å². The largest absolute Gasteiger partial charge is 0.417 e. The van der Waals surface area contributed by atoms with Crippen LogP contribution in [-0.2, 0) is 12.4 Å². The molecular weight excluding hydrogens is 1190 g/mol. The lowest BCUT2D eigenvalue weighted by atomic mass is 9.92. The minimum Gasteiger partial charge on any atom is -0.310 e. The molecule has 94 heavy (non-hydrogen) atoms. The number of nitriles is 4. The molecule has 13 rings (SSSR count). The number of hydrogen-bond acceptors (Lipinski definition) is 4. The second-order valence-corrected chi connectivity index (χ2v) is 21.7. The maximum atomic E-state index is 15.4. The molecular formula is C77H33F6N11. The summed E-state index contributed by atoms with van der Waals surface area (Å²) in [4.78, 5) is 18.4. The van der Waals surface area contributed by atoms with Crippen molar-refractivity contribution >= 4 is 72.0 Å². The van der Waals surface area contributed by atoms with Gasteiger partial charge in [0.25, 0.3) is 0 Å². The van der Waals surface area contributed by atoms with Gasteiger partial charge in [0.2, 0.25) is 0 Å². The van der Waals surface area contributed by atoms with Gasteiger partial charge >= 0.3 is 12.4 Å². The van der Waals surface area contributed by atoms with Gasteiger partial charge in [0.05, 0.1) is 96.0 Å². The van der Waals surface area contributed by atoms with Crippen LogP contribution in [0.2, 0.25) is 0 Å². The number of halogens is 6. The Balaban J connectivity index is 1.15. The molecule has 0 fully saturated rings. The first-order valence-corrected chi connectivity index (χ1v) is 28.2. The monoisotopic (exact) mass is 1230 g/mol. The standard InChI is InChI=1S/C77H33F6N11/c1-88-53-14-20-56(50(30-53)41-86)45-8-23-71-63(32-45)65-35-48(59-17-6-43(39-84)28-68(59)91-4)11-26-72(65)93(71)70-25-10-47(58-19-13-52(76(78,79)80)37-67(58)77(81,82)83)34-62(70)61-22-16-55(90-3)38-75(61)94-73-24-9-46(57-21-15-54(89-2)31-51(57)42-87)33-64(73)66-36-49(12-27-74(66)94)60-18-7-44(40-85)29-69(60)92-5/h6-38H. The van der Waals surface area contributed by atoms with Gasteiger partial charge in [-0.25, -0.2) is 24.2 Å². The van der Waals surface area contributed by atoms with Gasteiger partial charge in [-0.3, -0.25) is 0 Å². The van der Waals surface area contributed by atoms with E-state index < -0.39 is 29.0 Å². The lowest BCUT2D eigenvalue weighted by Gasteiger charge is -2.21. The van der Waals surface area contributed by atoms with Crippen LogP contribution in [0.25, 0.3) is 146 Å². The number of alkyl halides is 6. The first kappa shape index (κ1) is 59.0. The van der Waals surface area contributed by atoms with Crippen molar-refractivity contribution in [1.82, 2.24) is 9.13 Å². The summed E-state index contributed by atoms with van der Waals surface area (Å²) in [5, 5.41) is 42.7. The fourth-order valence-corrected chi connectivity index (χ4v) is 12.3. The first-order chi connectivity index (χ1) is 45.4. The smallest absolute Gasteiger partial charge is 0.310 e. The third-order valence-corrected chi connectivity index (χ3v) is 16.6. The normalized spacial score (nSPS) is 11.2. The van der Waals surface area contributed by atoms with Crippen molar-refractivity contribution < 1.29 is 26.3 Å². The van der Waals surface area contributed by atoms with Gasteiger partial charge in [-0.2, -0.15) is 47.4 Å². The van der Waals surface area contributed by atoms with E-state index in [9.17, 15) is 34.2 Å². The second-order valence-electron chi connectivity index (χ2n) is 21.7. The summed E-state index contributed by atoms with van der Waals surface area (Å²) in [7, 11) is 0. The Bertz CT molecular complexity index is 5650. The summed E-state index contributed by atoms with van der Waals surface area (Å²) in [5.74, 6) is 0. The minimum atomic E-state index is -5.29. The van der Waals surface area contributed by atoms with E-state index in [1.54, 1.807) is 103 Å². The van der Waals surface area contributed by atoms with E-state index in [4.69, 9.17) is 32.9 Å². The molecule has 0 radical (unpaired) electrons. The minimum absolute atomic E-state index is 0.0829. The number of benzene rings is 11. The average molecular weight is 1230 g/mol. The highest BCUT2D eigenvalue weighted by Gasteiger charge is 2.39. The molecule has 0 unspecified atom stereocenters. The third-order valence-electron chi connectivity index (χ3n) is 16.6. The second kappa shape index (κ2) is 22.9. The maximum absolute atomic E-state index is 15.4. The summed E-state index contributed by atoms with van der Waals surface area (Å²) >= 11 is 0. The van der Waals surface area contributed by atoms with E-state index in [-0.39, 0.29) is 67.9 Å². The Morgan fingerprint density at radius 1 is 0.309 bits per heavy atom. The molecule has 0 saturated heterocycles. The summed E-state index contributed by atoms with van der Waals surface area (Å²) in [6, 6.07) is 60.1. The molecule has 17 heteroatoms. The summed E-state index contributed by atoms with van der Waals surface area (Å²) in [5.41, 5.74) is 5.87. The van der Waals surface area contributed by atoms with Gasteiger partial charge in [0.1, 0.15) is 0 Å². The van der Waals surface area contributed by atoms with Gasteiger partial charge in [-0.15, -0.1) is 0 Å². The highest BCUT2D eigenvalue weighted by Crippen LogP contribution is 2.49. The Kier molecular flexibility index (Phi) is 14.4. The molecule has 11 aromatic carbocycles. The van der Waals surface area contributed by atoms with Gasteiger partial charge in [0.15, 0.2) is 28.4 Å². The van der Waals surface area contributed by atoms with Gasteiger partial charge in [0, 0.05) is 60.6 Å². The molecule has 11 nitrogen and oxygen atoms in total. The van der Waals surface area contributed by atoms with Crippen molar-refractivity contribution in [1.29, 1.82) is 21.0 Å². The molecule has 2 heterocycles. The van der Waals surface area contributed by atoms with Crippen molar-refractivity contribution in [3.63, 3.8) is 0 Å². The van der Waals surface area contributed by atoms with Crippen molar-refractivity contribution in [2.75, 3.05) is 0 Å². The quantitative estimate of drug-likeness (QED) is 0.111. The zero-order valence-corrected chi connectivity index (χ0v) is 48.2. The third kappa shape index (κ3) is 10.0. The first-order valence-electron chi connectivity index (χ1n) is 28.2. The molecule has 2 aromatic heterocycles. The highest BCUT2D eigenvalue weighted by molar-refractivity contribution is 6.15. The number of hydrogen-bond donors (Lipinski definition) is 0. The van der Waals surface area contributed by atoms with Crippen LogP contribution in [0.3, 0.4) is 0 Å². The zero-order valence-electron chi connectivity index (χ0n) is 48.2. The van der Waals surface area contributed by atoms with Crippen LogP contribution in [0.1, 0.15) is 33.4 Å². The molecule has 0 bridgehead atoms. The van der Waals surface area contributed by atoms with Crippen LogP contribution in [0.4, 0.5) is 54.8 Å². The molecule has 0 aliphatic heterocycles. The molecule has 0 spiro atoms. The zero-order chi connectivity index (χ0) is 65.9. The molecule has 0 aliphatic rings. The van der Waals surface area contributed by atoms with Crippen LogP contribution in [0.5, 0.6) is 0 Å². The fourth-order valence-electron chi connectivity index (χ4n) is 12.3. The molecule has 0 amide bonds. The van der Waals surface area contributed by atoms with Gasteiger partial charge in [-0.05, 0) is 171 Å². The molecule has 0 atom stereocenters. The van der Waals surface area contributed by atoms with Crippen molar-refractivity contribution in [2.45, 2.75) is 12.4 Å². The van der Waals surface area contributed by atoms with Crippen LogP contribution < -0.4 is 0 Å². The number of rotatable bonds is 8. The van der Waals surface area contributed by atoms with E-state index >= 15 is 13.2 Å². The highest BCUT2D eigenvalue weighted by atomic mass is 19.4. The number of aromatic nitrogens is 2. The van der Waals surface area contributed by atoms with Crippen LogP contribution in [-0.4, -0.2) is 9.13 Å². The molecule has 0 aliphatic carbocycles. The SMILES string of the molecule is [C-]#[N+]c1ccc(-c2ccc3c(c2)c2cc(-c4ccc(C#N)cc4[N+]#[C-])ccc2n3-c2ccc(-c3ccc(C(F)(F)F)cc3C(F)(F)F)cc2-c2ccc([N+]#[C-])cc2-n2c3ccc(-c4ccc([N+]#[C-])cc4C#N)cc3c3cc(-c4ccc(C#N)cc4[N+]#[C-])ccc32)c(C#N)c1. The van der Waals surface area contributed by atoms with E-state index in [1.807, 2.05) is 51.6 Å². The predicted octanol–water partition coefficient (Wildman–Crippen LogP) is 22.2. The van der Waals surface area contributed by atoms with Gasteiger partial charge in [-0.1, -0.05) is 84.9 Å².